The van der Waals surface area contributed by atoms with Gasteiger partial charge in [-0.15, -0.1) is 10.2 Å². The first-order valence-corrected chi connectivity index (χ1v) is 8.77. The van der Waals surface area contributed by atoms with Crippen molar-refractivity contribution in [2.24, 2.45) is 10.9 Å². The summed E-state index contributed by atoms with van der Waals surface area (Å²) >= 11 is 0. The molecule has 1 aromatic heterocycles. The number of hydrogen-bond acceptors (Lipinski definition) is 8. The monoisotopic (exact) mass is 332 g/mol. The Hall–Kier alpha value is -1.89. The highest BCUT2D eigenvalue weighted by Gasteiger charge is 2.21. The molecule has 0 bridgehead atoms. The van der Waals surface area contributed by atoms with Crippen molar-refractivity contribution in [2.75, 3.05) is 12.3 Å². The molecule has 2 rings (SSSR count). The predicted octanol–water partition coefficient (Wildman–Crippen LogP) is -1.88. The van der Waals surface area contributed by atoms with E-state index in [-0.39, 0.29) is 28.6 Å². The number of nitrogens with two attached hydrogens (primary N) is 2. The second-order valence-corrected chi connectivity index (χ2v) is 7.41. The predicted molar refractivity (Wildman–Crippen MR) is 72.9 cm³/mol. The summed E-state index contributed by atoms with van der Waals surface area (Å²) in [6, 6.07) is 5.67. The number of rotatable bonds is 5. The lowest BCUT2D eigenvalue weighted by Crippen LogP contribution is -2.24. The molecule has 2 aromatic rings. The fraction of sp³-hybridized carbons (Fsp3) is 0.222. The molecule has 0 saturated carbocycles. The quantitative estimate of drug-likeness (QED) is 0.642. The van der Waals surface area contributed by atoms with Crippen LogP contribution in [0.25, 0.3) is 11.4 Å². The number of hydrogen-bond donors (Lipinski definition) is 2. The molecule has 0 aliphatic heterocycles. The number of aromatic nitrogens is 4. The van der Waals surface area contributed by atoms with E-state index in [1.54, 1.807) is 6.07 Å². The molecular formula is C9H12N6O4S2. The molecule has 0 unspecified atom stereocenters. The largest absolute Gasteiger partial charge is 0.329 e. The Morgan fingerprint density at radius 1 is 1.14 bits per heavy atom. The third-order valence-electron chi connectivity index (χ3n) is 2.46. The smallest absolute Gasteiger partial charge is 0.272 e. The van der Waals surface area contributed by atoms with Crippen LogP contribution in [0.15, 0.2) is 29.2 Å². The van der Waals surface area contributed by atoms with Crippen molar-refractivity contribution in [3.05, 3.63) is 24.3 Å². The summed E-state index contributed by atoms with van der Waals surface area (Å²) in [6.07, 6.45) is 0. The Labute approximate surface area is 120 Å². The Morgan fingerprint density at radius 3 is 2.43 bits per heavy atom. The zero-order chi connectivity index (χ0) is 15.7. The van der Waals surface area contributed by atoms with Crippen molar-refractivity contribution < 1.29 is 16.8 Å². The van der Waals surface area contributed by atoms with E-state index in [4.69, 9.17) is 10.9 Å². The normalized spacial score (nSPS) is 12.5. The van der Waals surface area contributed by atoms with Gasteiger partial charge in [0.2, 0.25) is 15.8 Å². The Bertz CT molecular complexity index is 858. The molecule has 0 atom stereocenters. The first-order valence-electron chi connectivity index (χ1n) is 5.61. The summed E-state index contributed by atoms with van der Waals surface area (Å²) in [4.78, 5) is -0.222. The molecule has 0 saturated heterocycles. The Kier molecular flexibility index (Phi) is 4.04. The number of primary sulfonamides is 1. The van der Waals surface area contributed by atoms with Crippen LogP contribution in [0.1, 0.15) is 0 Å². The first-order chi connectivity index (χ1) is 9.75. The molecule has 0 spiro atoms. The maximum atomic E-state index is 11.7. The lowest BCUT2D eigenvalue weighted by atomic mass is 10.2. The van der Waals surface area contributed by atoms with Crippen LogP contribution in [0.5, 0.6) is 0 Å². The van der Waals surface area contributed by atoms with Crippen LogP contribution in [0.4, 0.5) is 0 Å². The van der Waals surface area contributed by atoms with Gasteiger partial charge in [-0.05, 0) is 21.5 Å². The van der Waals surface area contributed by atoms with E-state index >= 15 is 0 Å². The molecule has 114 valence electrons. The lowest BCUT2D eigenvalue weighted by Gasteiger charge is -2.03. The zero-order valence-electron chi connectivity index (χ0n) is 10.6. The van der Waals surface area contributed by atoms with Crippen LogP contribution < -0.4 is 10.9 Å². The van der Waals surface area contributed by atoms with Crippen molar-refractivity contribution in [3.8, 4) is 11.4 Å². The molecule has 10 nitrogen and oxygen atoms in total. The van der Waals surface area contributed by atoms with Crippen molar-refractivity contribution in [2.45, 2.75) is 4.90 Å². The Morgan fingerprint density at radius 2 is 1.81 bits per heavy atom. The molecule has 1 heterocycles. The van der Waals surface area contributed by atoms with Crippen molar-refractivity contribution >= 4 is 20.0 Å². The number of nitrogens with zero attached hydrogens (tertiary/aromatic N) is 4. The maximum Gasteiger partial charge on any atom is 0.272 e. The summed E-state index contributed by atoms with van der Waals surface area (Å²) in [5.41, 5.74) is 5.25. The topological polar surface area (TPSA) is 164 Å². The van der Waals surface area contributed by atoms with Crippen LogP contribution in [-0.2, 0) is 20.0 Å². The third-order valence-corrected chi connectivity index (χ3v) is 4.83. The van der Waals surface area contributed by atoms with Gasteiger partial charge in [-0.3, -0.25) is 0 Å². The van der Waals surface area contributed by atoms with Gasteiger partial charge in [0, 0.05) is 12.1 Å². The van der Waals surface area contributed by atoms with E-state index in [0.29, 0.717) is 4.20 Å². The van der Waals surface area contributed by atoms with E-state index in [0.717, 1.165) is 0 Å². The molecule has 0 aliphatic rings. The third kappa shape index (κ3) is 3.24. The van der Waals surface area contributed by atoms with E-state index in [1.807, 2.05) is 0 Å². The molecule has 4 N–H and O–H groups in total. The SMILES string of the molecule is NCCS(=O)(=O)n1nnc(-c2ccccc2S(N)(=O)=O)n1. The van der Waals surface area contributed by atoms with Gasteiger partial charge in [0.15, 0.2) is 0 Å². The molecule has 0 radical (unpaired) electrons. The minimum absolute atomic E-state index is 0.0641. The van der Waals surface area contributed by atoms with Gasteiger partial charge < -0.3 is 5.73 Å². The van der Waals surface area contributed by atoms with Gasteiger partial charge in [0.05, 0.1) is 10.6 Å². The maximum absolute atomic E-state index is 11.7. The van der Waals surface area contributed by atoms with E-state index < -0.39 is 20.0 Å². The Balaban J connectivity index is 2.54. The van der Waals surface area contributed by atoms with Crippen LogP contribution in [0.3, 0.4) is 0 Å². The van der Waals surface area contributed by atoms with Gasteiger partial charge >= 0.3 is 0 Å². The summed E-state index contributed by atoms with van der Waals surface area (Å²) in [5.74, 6) is -0.528. The lowest BCUT2D eigenvalue weighted by molar-refractivity contribution is 0.565. The number of tetrazole rings is 1. The fourth-order valence-corrected chi connectivity index (χ4v) is 3.10. The van der Waals surface area contributed by atoms with Crippen molar-refractivity contribution in [1.82, 2.24) is 19.6 Å². The van der Waals surface area contributed by atoms with Crippen LogP contribution in [-0.4, -0.2) is 48.7 Å². The first kappa shape index (κ1) is 15.5. The van der Waals surface area contributed by atoms with E-state index in [9.17, 15) is 16.8 Å². The van der Waals surface area contributed by atoms with Gasteiger partial charge in [-0.1, -0.05) is 12.1 Å². The minimum Gasteiger partial charge on any atom is -0.329 e. The van der Waals surface area contributed by atoms with Crippen LogP contribution in [0, 0.1) is 0 Å². The highest BCUT2D eigenvalue weighted by Crippen LogP contribution is 2.22. The zero-order valence-corrected chi connectivity index (χ0v) is 12.2. The second-order valence-electron chi connectivity index (χ2n) is 3.98. The second kappa shape index (κ2) is 5.48. The average Bonchev–Trinajstić information content (AvgIpc) is 2.88. The number of benzene rings is 1. The highest BCUT2D eigenvalue weighted by molar-refractivity contribution is 7.89. The summed E-state index contributed by atoms with van der Waals surface area (Å²) in [7, 11) is -7.82. The molecule has 1 aromatic carbocycles. The van der Waals surface area contributed by atoms with E-state index in [2.05, 4.69) is 15.4 Å². The number of sulfonamides is 1. The summed E-state index contributed by atoms with van der Waals surface area (Å²) in [5, 5.41) is 15.7. The molecule has 21 heavy (non-hydrogen) atoms. The standard InChI is InChI=1S/C9H12N6O4S2/c10-5-6-20(16,17)15-13-9(12-14-15)7-3-1-2-4-8(7)21(11,18)19/h1-4H,5-6,10H2,(H2,11,18,19). The van der Waals surface area contributed by atoms with Gasteiger partial charge in [0.1, 0.15) is 0 Å². The summed E-state index contributed by atoms with van der Waals surface area (Å²) in [6.45, 7) is -0.104. The van der Waals surface area contributed by atoms with E-state index in [1.165, 1.54) is 18.2 Å². The van der Waals surface area contributed by atoms with Crippen LogP contribution in [0.2, 0.25) is 0 Å². The van der Waals surface area contributed by atoms with Crippen molar-refractivity contribution in [3.63, 3.8) is 0 Å². The van der Waals surface area contributed by atoms with Gasteiger partial charge in [0.25, 0.3) is 10.0 Å². The molecular weight excluding hydrogens is 320 g/mol. The van der Waals surface area contributed by atoms with Gasteiger partial charge in [-0.25, -0.2) is 22.0 Å². The molecule has 0 amide bonds. The average molecular weight is 332 g/mol. The summed E-state index contributed by atoms with van der Waals surface area (Å²) < 4.78 is 46.9. The minimum atomic E-state index is -4.00. The molecule has 0 fully saturated rings. The fourth-order valence-electron chi connectivity index (χ4n) is 1.56. The molecule has 12 heteroatoms. The molecule has 0 aliphatic carbocycles. The highest BCUT2D eigenvalue weighted by atomic mass is 32.2. The van der Waals surface area contributed by atoms with Crippen LogP contribution >= 0.6 is 0 Å². The van der Waals surface area contributed by atoms with Gasteiger partial charge in [-0.2, -0.15) is 0 Å². The van der Waals surface area contributed by atoms with Crippen molar-refractivity contribution in [1.29, 1.82) is 0 Å².